The second-order valence-electron chi connectivity index (χ2n) is 5.34. The number of fused-ring (bicyclic) bond motifs is 1. The van der Waals surface area contributed by atoms with Crippen LogP contribution in [0.4, 0.5) is 5.13 Å². The van der Waals surface area contributed by atoms with Crippen molar-refractivity contribution in [2.24, 2.45) is 5.73 Å². The fourth-order valence-corrected chi connectivity index (χ4v) is 4.20. The number of thiazole rings is 1. The lowest BCUT2D eigenvalue weighted by atomic mass is 10.1. The number of anilines is 1. The summed E-state index contributed by atoms with van der Waals surface area (Å²) in [4.78, 5) is 8.39. The number of hydrogen-bond donors (Lipinski definition) is 1. The Morgan fingerprint density at radius 3 is 3.06 bits per heavy atom. The van der Waals surface area contributed by atoms with E-state index < -0.39 is 0 Å². The molecule has 1 saturated heterocycles. The van der Waals surface area contributed by atoms with Crippen molar-refractivity contribution in [1.82, 2.24) is 4.98 Å². The van der Waals surface area contributed by atoms with Crippen molar-refractivity contribution in [1.29, 1.82) is 0 Å². The normalized spacial score (nSPS) is 29.4. The Morgan fingerprint density at radius 1 is 1.50 bits per heavy atom. The van der Waals surface area contributed by atoms with Crippen molar-refractivity contribution in [3.8, 4) is 0 Å². The van der Waals surface area contributed by atoms with Gasteiger partial charge in [0.15, 0.2) is 5.13 Å². The van der Waals surface area contributed by atoms with Crippen LogP contribution in [0, 0.1) is 6.92 Å². The van der Waals surface area contributed by atoms with Gasteiger partial charge in [0, 0.05) is 17.5 Å². The zero-order valence-electron chi connectivity index (χ0n) is 11.1. The van der Waals surface area contributed by atoms with Crippen LogP contribution in [-0.2, 0) is 4.74 Å². The molecule has 3 rings (SSSR count). The Balaban J connectivity index is 1.87. The molecule has 3 unspecified atom stereocenters. The Bertz CT molecular complexity index is 432. The smallest absolute Gasteiger partial charge is 0.186 e. The third kappa shape index (κ3) is 2.04. The molecule has 2 heterocycles. The van der Waals surface area contributed by atoms with Crippen molar-refractivity contribution in [2.75, 3.05) is 18.1 Å². The Morgan fingerprint density at radius 2 is 2.33 bits per heavy atom. The lowest BCUT2D eigenvalue weighted by molar-refractivity contribution is 0.0256. The Hall–Kier alpha value is -0.650. The monoisotopic (exact) mass is 267 g/mol. The maximum atomic E-state index is 5.99. The lowest BCUT2D eigenvalue weighted by Crippen LogP contribution is -2.48. The summed E-state index contributed by atoms with van der Waals surface area (Å²) < 4.78 is 5.85. The average Bonchev–Trinajstić information content (AvgIpc) is 2.94. The highest BCUT2D eigenvalue weighted by atomic mass is 32.1. The van der Waals surface area contributed by atoms with Gasteiger partial charge in [0.05, 0.1) is 24.4 Å². The van der Waals surface area contributed by atoms with Gasteiger partial charge >= 0.3 is 0 Å². The minimum atomic E-state index is 0.0802. The first kappa shape index (κ1) is 12.4. The minimum absolute atomic E-state index is 0.0802. The molecule has 2 aliphatic rings. The first-order valence-electron chi connectivity index (χ1n) is 6.78. The molecule has 0 aromatic carbocycles. The highest BCUT2D eigenvalue weighted by Crippen LogP contribution is 2.37. The predicted octanol–water partition coefficient (Wildman–Crippen LogP) is 2.23. The standard InChI is InChI=1S/C13H21N3OS/c1-8(14)12-9(2)15-13(18-12)16-6-7-17-11-5-3-4-10(11)16/h8,10-11H,3-7,14H2,1-2H3. The van der Waals surface area contributed by atoms with Crippen LogP contribution in [0.3, 0.4) is 0 Å². The van der Waals surface area contributed by atoms with Crippen LogP contribution < -0.4 is 10.6 Å². The average molecular weight is 267 g/mol. The maximum Gasteiger partial charge on any atom is 0.186 e. The number of morpholine rings is 1. The number of aromatic nitrogens is 1. The van der Waals surface area contributed by atoms with E-state index in [0.29, 0.717) is 12.1 Å². The Labute approximate surface area is 112 Å². The van der Waals surface area contributed by atoms with Gasteiger partial charge in [-0.3, -0.25) is 0 Å². The molecule has 1 saturated carbocycles. The van der Waals surface area contributed by atoms with Crippen molar-refractivity contribution in [3.63, 3.8) is 0 Å². The highest BCUT2D eigenvalue weighted by Gasteiger charge is 2.37. The van der Waals surface area contributed by atoms with E-state index in [-0.39, 0.29) is 6.04 Å². The fourth-order valence-electron chi connectivity index (χ4n) is 3.10. The van der Waals surface area contributed by atoms with Gasteiger partial charge in [-0.25, -0.2) is 4.98 Å². The molecular weight excluding hydrogens is 246 g/mol. The largest absolute Gasteiger partial charge is 0.374 e. The molecule has 1 aliphatic heterocycles. The van der Waals surface area contributed by atoms with Crippen molar-refractivity contribution >= 4 is 16.5 Å². The minimum Gasteiger partial charge on any atom is -0.374 e. The predicted molar refractivity (Wildman–Crippen MR) is 74.2 cm³/mol. The summed E-state index contributed by atoms with van der Waals surface area (Å²) in [5.41, 5.74) is 7.08. The van der Waals surface area contributed by atoms with Crippen LogP contribution >= 0.6 is 11.3 Å². The molecule has 100 valence electrons. The van der Waals surface area contributed by atoms with Gasteiger partial charge in [-0.05, 0) is 33.1 Å². The maximum absolute atomic E-state index is 5.99. The van der Waals surface area contributed by atoms with E-state index in [1.807, 2.05) is 6.92 Å². The van der Waals surface area contributed by atoms with Gasteiger partial charge in [-0.2, -0.15) is 0 Å². The molecule has 1 aliphatic carbocycles. The topological polar surface area (TPSA) is 51.4 Å². The summed E-state index contributed by atoms with van der Waals surface area (Å²) >= 11 is 1.76. The van der Waals surface area contributed by atoms with E-state index >= 15 is 0 Å². The molecule has 1 aromatic rings. The number of aryl methyl sites for hydroxylation is 1. The third-order valence-electron chi connectivity index (χ3n) is 3.96. The van der Waals surface area contributed by atoms with Gasteiger partial charge in [0.25, 0.3) is 0 Å². The molecule has 1 aromatic heterocycles. The summed E-state index contributed by atoms with van der Waals surface area (Å²) in [5, 5.41) is 1.14. The molecular formula is C13H21N3OS. The molecule has 2 fully saturated rings. The molecule has 18 heavy (non-hydrogen) atoms. The number of ether oxygens (including phenoxy) is 1. The summed E-state index contributed by atoms with van der Waals surface area (Å²) in [6.45, 7) is 5.88. The van der Waals surface area contributed by atoms with Gasteiger partial charge in [-0.1, -0.05) is 0 Å². The van der Waals surface area contributed by atoms with Crippen molar-refractivity contribution in [2.45, 2.75) is 51.3 Å². The van der Waals surface area contributed by atoms with Crippen molar-refractivity contribution < 1.29 is 4.74 Å². The second-order valence-corrected chi connectivity index (χ2v) is 6.34. The quantitative estimate of drug-likeness (QED) is 0.892. The van der Waals surface area contributed by atoms with E-state index in [2.05, 4.69) is 11.8 Å². The van der Waals surface area contributed by atoms with Crippen LogP contribution in [0.2, 0.25) is 0 Å². The number of hydrogen-bond acceptors (Lipinski definition) is 5. The SMILES string of the molecule is Cc1nc(N2CCOC3CCCC32)sc1C(C)N. The second kappa shape index (κ2) is 4.79. The fraction of sp³-hybridized carbons (Fsp3) is 0.769. The third-order valence-corrected chi connectivity index (χ3v) is 5.36. The highest BCUT2D eigenvalue weighted by molar-refractivity contribution is 7.15. The van der Waals surface area contributed by atoms with Gasteiger partial charge in [-0.15, -0.1) is 11.3 Å². The van der Waals surface area contributed by atoms with Gasteiger partial charge in [0.2, 0.25) is 0 Å². The summed E-state index contributed by atoms with van der Waals surface area (Å²) in [6, 6.07) is 0.613. The van der Waals surface area contributed by atoms with E-state index in [9.17, 15) is 0 Å². The molecule has 0 spiro atoms. The van der Waals surface area contributed by atoms with E-state index in [1.165, 1.54) is 24.1 Å². The van der Waals surface area contributed by atoms with E-state index in [1.54, 1.807) is 11.3 Å². The molecule has 0 amide bonds. The van der Waals surface area contributed by atoms with Gasteiger partial charge < -0.3 is 15.4 Å². The number of rotatable bonds is 2. The van der Waals surface area contributed by atoms with E-state index in [4.69, 9.17) is 15.5 Å². The first-order valence-corrected chi connectivity index (χ1v) is 7.59. The molecule has 0 radical (unpaired) electrons. The van der Waals surface area contributed by atoms with Gasteiger partial charge in [0.1, 0.15) is 0 Å². The summed E-state index contributed by atoms with van der Waals surface area (Å²) in [7, 11) is 0. The summed E-state index contributed by atoms with van der Waals surface area (Å²) in [5.74, 6) is 0. The molecule has 3 atom stereocenters. The van der Waals surface area contributed by atoms with Crippen molar-refractivity contribution in [3.05, 3.63) is 10.6 Å². The molecule has 0 bridgehead atoms. The van der Waals surface area contributed by atoms with Crippen LogP contribution in [-0.4, -0.2) is 30.3 Å². The molecule has 2 N–H and O–H groups in total. The van der Waals surface area contributed by atoms with E-state index in [0.717, 1.165) is 24.0 Å². The Kier molecular flexibility index (Phi) is 3.30. The first-order chi connectivity index (χ1) is 8.66. The number of nitrogens with zero attached hydrogens (tertiary/aromatic N) is 2. The number of nitrogens with two attached hydrogens (primary N) is 1. The van der Waals surface area contributed by atoms with Crippen LogP contribution in [0.5, 0.6) is 0 Å². The molecule has 4 nitrogen and oxygen atoms in total. The van der Waals surface area contributed by atoms with Crippen LogP contribution in [0.15, 0.2) is 0 Å². The zero-order chi connectivity index (χ0) is 12.7. The van der Waals surface area contributed by atoms with Crippen LogP contribution in [0.1, 0.15) is 42.8 Å². The molecule has 5 heteroatoms. The summed E-state index contributed by atoms with van der Waals surface area (Å²) in [6.07, 6.45) is 4.13. The zero-order valence-corrected chi connectivity index (χ0v) is 11.9. The van der Waals surface area contributed by atoms with Crippen LogP contribution in [0.25, 0.3) is 0 Å². The lowest BCUT2D eigenvalue weighted by Gasteiger charge is -2.37.